The van der Waals surface area contributed by atoms with Crippen LogP contribution in [0.4, 0.5) is 5.69 Å². The minimum Gasteiger partial charge on any atom is -0.383 e. The molecule has 1 unspecified atom stereocenters. The number of non-ortho nitro benzene ring substituents is 1. The van der Waals surface area contributed by atoms with Gasteiger partial charge in [0.2, 0.25) is 10.0 Å². The van der Waals surface area contributed by atoms with Crippen molar-refractivity contribution >= 4 is 15.7 Å². The Morgan fingerprint density at radius 2 is 1.94 bits per heavy atom. The molecule has 1 rings (SSSR count). The van der Waals surface area contributed by atoms with Gasteiger partial charge in [-0.2, -0.15) is 0 Å². The number of methoxy groups -OCH3 is 1. The topological polar surface area (TPSA) is 98.5 Å². The maximum atomic E-state index is 11.9. The maximum absolute atomic E-state index is 11.9. The summed E-state index contributed by atoms with van der Waals surface area (Å²) >= 11 is 0. The molecule has 0 aliphatic carbocycles. The highest BCUT2D eigenvalue weighted by Gasteiger charge is 2.18. The largest absolute Gasteiger partial charge is 0.383 e. The predicted octanol–water partition coefficient (Wildman–Crippen LogP) is 0.908. The van der Waals surface area contributed by atoms with E-state index in [0.29, 0.717) is 0 Å². The van der Waals surface area contributed by atoms with Crippen LogP contribution in [0.3, 0.4) is 0 Å². The van der Waals surface area contributed by atoms with Crippen LogP contribution < -0.4 is 4.72 Å². The summed E-state index contributed by atoms with van der Waals surface area (Å²) in [6.07, 6.45) is 0. The van der Waals surface area contributed by atoms with E-state index >= 15 is 0 Å². The van der Waals surface area contributed by atoms with Gasteiger partial charge in [0, 0.05) is 25.3 Å². The van der Waals surface area contributed by atoms with Gasteiger partial charge in [-0.25, -0.2) is 13.1 Å². The molecule has 0 bridgehead atoms. The summed E-state index contributed by atoms with van der Waals surface area (Å²) in [5, 5.41) is 10.4. The average molecular weight is 274 g/mol. The minimum atomic E-state index is -3.68. The molecule has 100 valence electrons. The van der Waals surface area contributed by atoms with Gasteiger partial charge in [-0.3, -0.25) is 10.1 Å². The summed E-state index contributed by atoms with van der Waals surface area (Å²) in [6.45, 7) is 1.90. The zero-order valence-electron chi connectivity index (χ0n) is 9.99. The molecule has 1 atom stereocenters. The molecule has 1 aromatic carbocycles. The molecular formula is C10H14N2O5S. The standard InChI is InChI=1S/C10H14N2O5S/c1-8(7-17-2)11-18(15,16)10-5-3-9(4-6-10)12(13)14/h3-6,8,11H,7H2,1-2H3. The van der Waals surface area contributed by atoms with Crippen molar-refractivity contribution in [2.45, 2.75) is 17.9 Å². The normalized spacial score (nSPS) is 13.2. The van der Waals surface area contributed by atoms with Crippen LogP contribution in [0.25, 0.3) is 0 Å². The lowest BCUT2D eigenvalue weighted by atomic mass is 10.3. The number of nitrogens with one attached hydrogen (secondary N) is 1. The van der Waals surface area contributed by atoms with Crippen molar-refractivity contribution in [3.05, 3.63) is 34.4 Å². The summed E-state index contributed by atoms with van der Waals surface area (Å²) in [7, 11) is -2.21. The number of sulfonamides is 1. The monoisotopic (exact) mass is 274 g/mol. The summed E-state index contributed by atoms with van der Waals surface area (Å²) < 4.78 is 30.9. The first-order valence-corrected chi connectivity index (χ1v) is 6.61. The second-order valence-electron chi connectivity index (χ2n) is 3.73. The molecule has 0 aliphatic heterocycles. The Labute approximate surface area is 105 Å². The molecular weight excluding hydrogens is 260 g/mol. The molecule has 0 radical (unpaired) electrons. The number of nitro groups is 1. The van der Waals surface area contributed by atoms with Crippen LogP contribution in [0.15, 0.2) is 29.2 Å². The molecule has 0 amide bonds. The van der Waals surface area contributed by atoms with E-state index in [1.54, 1.807) is 6.92 Å². The Bertz CT molecular complexity index is 512. The zero-order valence-corrected chi connectivity index (χ0v) is 10.8. The van der Waals surface area contributed by atoms with Gasteiger partial charge < -0.3 is 4.74 Å². The highest BCUT2D eigenvalue weighted by Crippen LogP contribution is 2.15. The highest BCUT2D eigenvalue weighted by molar-refractivity contribution is 7.89. The lowest BCUT2D eigenvalue weighted by Crippen LogP contribution is -2.35. The molecule has 0 aliphatic rings. The van der Waals surface area contributed by atoms with Crippen molar-refractivity contribution in [2.75, 3.05) is 13.7 Å². The van der Waals surface area contributed by atoms with Crippen molar-refractivity contribution in [2.24, 2.45) is 0 Å². The van der Waals surface area contributed by atoms with Crippen LogP contribution in [0.1, 0.15) is 6.92 Å². The first-order chi connectivity index (χ1) is 8.36. The van der Waals surface area contributed by atoms with E-state index in [9.17, 15) is 18.5 Å². The van der Waals surface area contributed by atoms with Crippen LogP contribution in [0.5, 0.6) is 0 Å². The van der Waals surface area contributed by atoms with E-state index in [2.05, 4.69) is 4.72 Å². The zero-order chi connectivity index (χ0) is 13.8. The summed E-state index contributed by atoms with van der Waals surface area (Å²) in [5.41, 5.74) is -0.154. The Morgan fingerprint density at radius 1 is 1.39 bits per heavy atom. The van der Waals surface area contributed by atoms with Gasteiger partial charge in [-0.15, -0.1) is 0 Å². The lowest BCUT2D eigenvalue weighted by molar-refractivity contribution is -0.384. The molecule has 0 aromatic heterocycles. The molecule has 0 saturated heterocycles. The van der Waals surface area contributed by atoms with Gasteiger partial charge in [-0.1, -0.05) is 0 Å². The number of benzene rings is 1. The van der Waals surface area contributed by atoms with Crippen LogP contribution >= 0.6 is 0 Å². The van der Waals surface area contributed by atoms with Crippen molar-refractivity contribution in [1.29, 1.82) is 0 Å². The molecule has 1 N–H and O–H groups in total. The Balaban J connectivity index is 2.88. The fourth-order valence-electron chi connectivity index (χ4n) is 1.36. The van der Waals surface area contributed by atoms with E-state index in [4.69, 9.17) is 4.74 Å². The van der Waals surface area contributed by atoms with Gasteiger partial charge in [0.15, 0.2) is 0 Å². The second kappa shape index (κ2) is 5.89. The third-order valence-electron chi connectivity index (χ3n) is 2.13. The van der Waals surface area contributed by atoms with Gasteiger partial charge >= 0.3 is 0 Å². The molecule has 18 heavy (non-hydrogen) atoms. The van der Waals surface area contributed by atoms with Crippen LogP contribution in [-0.2, 0) is 14.8 Å². The number of hydrogen-bond donors (Lipinski definition) is 1. The second-order valence-corrected chi connectivity index (χ2v) is 5.44. The number of ether oxygens (including phenoxy) is 1. The Morgan fingerprint density at radius 3 is 2.39 bits per heavy atom. The Kier molecular flexibility index (Phi) is 4.76. The van der Waals surface area contributed by atoms with Gasteiger partial charge in [-0.05, 0) is 19.1 Å². The van der Waals surface area contributed by atoms with E-state index in [1.807, 2.05) is 0 Å². The molecule has 7 nitrogen and oxygen atoms in total. The van der Waals surface area contributed by atoms with E-state index in [-0.39, 0.29) is 23.2 Å². The first kappa shape index (κ1) is 14.6. The van der Waals surface area contributed by atoms with Crippen molar-refractivity contribution in [3.63, 3.8) is 0 Å². The van der Waals surface area contributed by atoms with Gasteiger partial charge in [0.25, 0.3) is 5.69 Å². The van der Waals surface area contributed by atoms with Crippen molar-refractivity contribution < 1.29 is 18.1 Å². The summed E-state index contributed by atoms with van der Waals surface area (Å²) in [4.78, 5) is 9.85. The van der Waals surface area contributed by atoms with E-state index in [0.717, 1.165) is 12.1 Å². The first-order valence-electron chi connectivity index (χ1n) is 5.12. The van der Waals surface area contributed by atoms with E-state index in [1.165, 1.54) is 19.2 Å². The summed E-state index contributed by atoms with van der Waals surface area (Å²) in [5.74, 6) is 0. The van der Waals surface area contributed by atoms with Crippen molar-refractivity contribution in [1.82, 2.24) is 4.72 Å². The summed E-state index contributed by atoms with van der Waals surface area (Å²) in [6, 6.07) is 4.31. The smallest absolute Gasteiger partial charge is 0.269 e. The fraction of sp³-hybridized carbons (Fsp3) is 0.400. The lowest BCUT2D eigenvalue weighted by Gasteiger charge is -2.12. The fourth-order valence-corrected chi connectivity index (χ4v) is 2.59. The maximum Gasteiger partial charge on any atom is 0.269 e. The van der Waals surface area contributed by atoms with E-state index < -0.39 is 14.9 Å². The molecule has 0 spiro atoms. The SMILES string of the molecule is COCC(C)NS(=O)(=O)c1ccc([N+](=O)[O-])cc1. The number of rotatable bonds is 6. The van der Waals surface area contributed by atoms with Crippen LogP contribution in [-0.4, -0.2) is 33.1 Å². The van der Waals surface area contributed by atoms with Crippen LogP contribution in [0.2, 0.25) is 0 Å². The number of hydrogen-bond acceptors (Lipinski definition) is 5. The average Bonchev–Trinajstić information content (AvgIpc) is 2.28. The van der Waals surface area contributed by atoms with Crippen molar-refractivity contribution in [3.8, 4) is 0 Å². The number of nitro benzene ring substituents is 1. The molecule has 1 aromatic rings. The molecule has 8 heteroatoms. The quantitative estimate of drug-likeness (QED) is 0.614. The number of nitrogens with zero attached hydrogens (tertiary/aromatic N) is 1. The van der Waals surface area contributed by atoms with Gasteiger partial charge in [0.05, 0.1) is 16.4 Å². The predicted molar refractivity (Wildman–Crippen MR) is 64.8 cm³/mol. The highest BCUT2D eigenvalue weighted by atomic mass is 32.2. The molecule has 0 fully saturated rings. The molecule has 0 saturated carbocycles. The minimum absolute atomic E-state index is 0.0175. The third kappa shape index (κ3) is 3.76. The van der Waals surface area contributed by atoms with Crippen LogP contribution in [0, 0.1) is 10.1 Å². The van der Waals surface area contributed by atoms with Gasteiger partial charge in [0.1, 0.15) is 0 Å². The Hall–Kier alpha value is -1.51. The molecule has 0 heterocycles. The third-order valence-corrected chi connectivity index (χ3v) is 3.74.